The number of imide groups is 1. The van der Waals surface area contributed by atoms with Gasteiger partial charge < -0.3 is 50.0 Å². The van der Waals surface area contributed by atoms with Crippen molar-refractivity contribution < 1.29 is 62.1 Å². The summed E-state index contributed by atoms with van der Waals surface area (Å²) in [5, 5.41) is 12.0. The average molecular weight is 1080 g/mol. The van der Waals surface area contributed by atoms with Crippen LogP contribution in [0.1, 0.15) is 95.3 Å². The molecule has 21 nitrogen and oxygen atoms in total. The number of ether oxygens (including phenoxy) is 4. The van der Waals surface area contributed by atoms with Crippen molar-refractivity contribution in [2.75, 3.05) is 41.2 Å². The van der Waals surface area contributed by atoms with E-state index in [1.807, 2.05) is 59.5 Å². The number of carbonyl (C=O) groups is 8. The monoisotopic (exact) mass is 1070 g/mol. The summed E-state index contributed by atoms with van der Waals surface area (Å²) < 4.78 is 24.4. The summed E-state index contributed by atoms with van der Waals surface area (Å²) in [5.74, 6) is -2.68. The van der Waals surface area contributed by atoms with Crippen molar-refractivity contribution in [2.24, 2.45) is 4.99 Å². The molecular formula is C58H58N8O13. The van der Waals surface area contributed by atoms with Crippen molar-refractivity contribution in [3.8, 4) is 23.0 Å². The largest absolute Gasteiger partial charge is 0.493 e. The quantitative estimate of drug-likeness (QED) is 0.0526. The van der Waals surface area contributed by atoms with Crippen LogP contribution < -0.4 is 50.0 Å². The number of benzene rings is 5. The molecule has 79 heavy (non-hydrogen) atoms. The first-order valence-corrected chi connectivity index (χ1v) is 26.1. The number of hydrogen-bond acceptors (Lipinski definition) is 15. The van der Waals surface area contributed by atoms with Gasteiger partial charge in [0.1, 0.15) is 25.3 Å². The molecule has 0 saturated carbocycles. The smallest absolute Gasteiger partial charge is 0.333 e. The Bertz CT molecular complexity index is 3330. The third-order valence-electron chi connectivity index (χ3n) is 14.3. The Hall–Kier alpha value is -9.27. The van der Waals surface area contributed by atoms with Crippen molar-refractivity contribution >= 4 is 82.0 Å². The van der Waals surface area contributed by atoms with Crippen molar-refractivity contribution in [3.05, 3.63) is 124 Å². The van der Waals surface area contributed by atoms with Crippen LogP contribution in [0.15, 0.2) is 96.0 Å². The lowest BCUT2D eigenvalue weighted by Gasteiger charge is -2.22. The van der Waals surface area contributed by atoms with Crippen molar-refractivity contribution in [3.63, 3.8) is 0 Å². The highest BCUT2D eigenvalue weighted by atomic mass is 16.7. The molecule has 21 heteroatoms. The first kappa shape index (κ1) is 53.1. The average Bonchev–Trinajstić information content (AvgIpc) is 4.29. The summed E-state index contributed by atoms with van der Waals surface area (Å²) in [4.78, 5) is 117. The Morgan fingerprint density at radius 3 is 1.95 bits per heavy atom. The van der Waals surface area contributed by atoms with Gasteiger partial charge in [0, 0.05) is 74.1 Å². The van der Waals surface area contributed by atoms with Gasteiger partial charge in [-0.25, -0.2) is 4.79 Å². The second kappa shape index (κ2) is 22.7. The Labute approximate surface area is 454 Å². The van der Waals surface area contributed by atoms with E-state index in [0.29, 0.717) is 86.8 Å². The normalized spacial score (nSPS) is 17.3. The van der Waals surface area contributed by atoms with Crippen LogP contribution in [-0.4, -0.2) is 104 Å². The fourth-order valence-electron chi connectivity index (χ4n) is 10.3. The Kier molecular flexibility index (Phi) is 15.3. The first-order valence-electron chi connectivity index (χ1n) is 26.1. The number of nitrogens with one attached hydrogen (secondary N) is 4. The Morgan fingerprint density at radius 1 is 0.671 bits per heavy atom. The fraction of sp³-hybridized carbons (Fsp3) is 0.328. The molecule has 4 atom stereocenters. The van der Waals surface area contributed by atoms with E-state index < -0.39 is 47.6 Å². The highest BCUT2D eigenvalue weighted by Crippen LogP contribution is 2.43. The Balaban J connectivity index is 0.825. The molecule has 7 amide bonds. The van der Waals surface area contributed by atoms with Crippen LogP contribution in [0, 0.1) is 0 Å². The summed E-state index contributed by atoms with van der Waals surface area (Å²) >= 11 is 0. The maximum atomic E-state index is 14.1. The molecular weight excluding hydrogens is 1020 g/mol. The number of hydrogen-bond donors (Lipinski definition) is 4. The van der Waals surface area contributed by atoms with E-state index in [-0.39, 0.29) is 75.6 Å². The molecule has 0 aliphatic carbocycles. The van der Waals surface area contributed by atoms with Crippen LogP contribution in [0.3, 0.4) is 0 Å². The van der Waals surface area contributed by atoms with E-state index in [4.69, 9.17) is 28.8 Å². The number of para-hydroxylation sites is 2. The number of hydroxylamine groups is 2. The summed E-state index contributed by atoms with van der Waals surface area (Å²) in [6.07, 6.45) is 3.41. The predicted molar refractivity (Wildman–Crippen MR) is 289 cm³/mol. The predicted octanol–water partition coefficient (Wildman–Crippen LogP) is 6.26. The maximum Gasteiger partial charge on any atom is 0.333 e. The lowest BCUT2D eigenvalue weighted by molar-refractivity contribution is -0.197. The molecule has 408 valence electrons. The standard InChI is InChI=1S/C58H58N8O13/c1-32(61-51(67)15-9-10-16-54(70)79-66-52(68)17-18-53(66)69)55(71)62-33(2)56(72)63-38-20-34(30-77-49-26-43-41(24-47(49)75-3)57(73)64-39(28-59-43)22-36-11-5-7-13-45(36)64)19-35(21-38)31-78-50-27-44-42(25-48(50)76-4)58(74)65-40(29-60-44)23-37-12-6-8-14-46(37)65/h5-8,11-14,19-21,24-28,32-33,39-40,60H,9-10,15-18,22-23,29-31H2,1-4H3,(H,61,67)(H,62,71)(H,63,72)/t32-,33+,39-,40-/m0/s1. The third kappa shape index (κ3) is 11.3. The molecule has 1 fully saturated rings. The minimum absolute atomic E-state index is 0.0224. The highest BCUT2D eigenvalue weighted by molar-refractivity contribution is 6.15. The molecule has 4 N–H and O–H groups in total. The van der Waals surface area contributed by atoms with Gasteiger partial charge in [-0.3, -0.25) is 43.5 Å². The van der Waals surface area contributed by atoms with E-state index in [1.165, 1.54) is 28.1 Å². The van der Waals surface area contributed by atoms with E-state index in [1.54, 1.807) is 47.5 Å². The number of carbonyl (C=O) groups excluding carboxylic acids is 8. The number of anilines is 4. The molecule has 0 bridgehead atoms. The number of nitrogens with zero attached hydrogens (tertiary/aromatic N) is 4. The van der Waals surface area contributed by atoms with E-state index in [9.17, 15) is 38.4 Å². The fourth-order valence-corrected chi connectivity index (χ4v) is 10.3. The van der Waals surface area contributed by atoms with Gasteiger partial charge in [0.2, 0.25) is 17.7 Å². The Morgan fingerprint density at radius 2 is 1.27 bits per heavy atom. The van der Waals surface area contributed by atoms with Gasteiger partial charge in [-0.15, -0.1) is 5.06 Å². The van der Waals surface area contributed by atoms with Gasteiger partial charge in [-0.2, -0.15) is 0 Å². The summed E-state index contributed by atoms with van der Waals surface area (Å²) in [5.41, 5.74) is 7.20. The molecule has 5 aromatic rings. The lowest BCUT2D eigenvalue weighted by Crippen LogP contribution is -2.50. The number of unbranched alkanes of at least 4 members (excludes halogenated alkanes) is 1. The molecule has 1 saturated heterocycles. The molecule has 5 aliphatic heterocycles. The van der Waals surface area contributed by atoms with Crippen LogP contribution >= 0.6 is 0 Å². The highest BCUT2D eigenvalue weighted by Gasteiger charge is 2.39. The zero-order valence-corrected chi connectivity index (χ0v) is 43.9. The minimum Gasteiger partial charge on any atom is -0.493 e. The number of methoxy groups -OCH3 is 2. The summed E-state index contributed by atoms with van der Waals surface area (Å²) in [6.45, 7) is 3.40. The summed E-state index contributed by atoms with van der Waals surface area (Å²) in [6, 6.07) is 25.2. The van der Waals surface area contributed by atoms with E-state index >= 15 is 0 Å². The van der Waals surface area contributed by atoms with Gasteiger partial charge in [0.15, 0.2) is 23.0 Å². The lowest BCUT2D eigenvalue weighted by atomic mass is 10.1. The summed E-state index contributed by atoms with van der Waals surface area (Å²) in [7, 11) is 2.98. The molecule has 10 rings (SSSR count). The zero-order chi connectivity index (χ0) is 55.5. The molecule has 0 aromatic heterocycles. The molecule has 5 aliphatic rings. The van der Waals surface area contributed by atoms with Gasteiger partial charge >= 0.3 is 5.97 Å². The number of amides is 7. The maximum absolute atomic E-state index is 14.1. The second-order valence-electron chi connectivity index (χ2n) is 19.8. The molecule has 5 aromatic carbocycles. The van der Waals surface area contributed by atoms with Crippen LogP contribution in [0.4, 0.5) is 28.4 Å². The van der Waals surface area contributed by atoms with E-state index in [2.05, 4.69) is 21.3 Å². The number of aliphatic imine (C=N–C) groups is 1. The topological polar surface area (TPSA) is 253 Å². The van der Waals surface area contributed by atoms with Gasteiger partial charge in [-0.05, 0) is 97.8 Å². The number of rotatable bonds is 19. The van der Waals surface area contributed by atoms with Crippen molar-refractivity contribution in [2.45, 2.75) is 103 Å². The van der Waals surface area contributed by atoms with Crippen LogP contribution in [0.5, 0.6) is 23.0 Å². The first-order chi connectivity index (χ1) is 38.2. The van der Waals surface area contributed by atoms with Crippen molar-refractivity contribution in [1.29, 1.82) is 0 Å². The minimum atomic E-state index is -1.08. The molecule has 0 spiro atoms. The SMILES string of the molecule is COc1cc2c(cc1OCc1cc(COc3cc4c(cc3OC)C(=O)N3c5ccccc5C[C@H]3CN4)cc(NC(=O)[C@@H](C)NC(=O)[C@H](C)NC(=O)CCCCC(=O)ON3C(=O)CCC3=O)c1)N=C[C@@H]1Cc3ccccc3N1C2=O. The van der Waals surface area contributed by atoms with Gasteiger partial charge in [0.25, 0.3) is 23.6 Å². The molecule has 5 heterocycles. The van der Waals surface area contributed by atoms with Gasteiger partial charge in [-0.1, -0.05) is 36.4 Å². The van der Waals surface area contributed by atoms with Crippen LogP contribution in [0.2, 0.25) is 0 Å². The third-order valence-corrected chi connectivity index (χ3v) is 14.3. The zero-order valence-electron chi connectivity index (χ0n) is 43.9. The number of fused-ring (bicyclic) bond motifs is 8. The van der Waals surface area contributed by atoms with Crippen LogP contribution in [-0.2, 0) is 59.7 Å². The second-order valence-corrected chi connectivity index (χ2v) is 19.8. The van der Waals surface area contributed by atoms with Gasteiger partial charge in [0.05, 0.1) is 48.8 Å². The van der Waals surface area contributed by atoms with Crippen LogP contribution in [0.25, 0.3) is 0 Å². The van der Waals surface area contributed by atoms with Crippen molar-refractivity contribution in [1.82, 2.24) is 15.7 Å². The molecule has 0 unspecified atom stereocenters. The van der Waals surface area contributed by atoms with E-state index in [0.717, 1.165) is 22.5 Å². The molecule has 0 radical (unpaired) electrons.